The predicted octanol–water partition coefficient (Wildman–Crippen LogP) is 2.34. The topological polar surface area (TPSA) is 84.7 Å². The molecule has 0 spiro atoms. The van der Waals surface area contributed by atoms with E-state index in [-0.39, 0.29) is 30.1 Å². The molecule has 1 aromatic rings. The Bertz CT molecular complexity index is 610. The monoisotopic (exact) mass is 375 g/mol. The first-order valence-electron chi connectivity index (χ1n) is 7.59. The number of nitrogens with one attached hydrogen (secondary N) is 1. The summed E-state index contributed by atoms with van der Waals surface area (Å²) in [6.45, 7) is 3.36. The lowest BCUT2D eigenvalue weighted by Crippen LogP contribution is -2.43. The molecule has 0 saturated carbocycles. The van der Waals surface area contributed by atoms with Crippen LogP contribution in [-0.2, 0) is 4.79 Å². The molecular formula is C16H23Cl2N3O3. The third kappa shape index (κ3) is 4.92. The maximum atomic E-state index is 12.8. The van der Waals surface area contributed by atoms with Crippen LogP contribution in [0.1, 0.15) is 30.1 Å². The van der Waals surface area contributed by atoms with Gasteiger partial charge in [-0.1, -0.05) is 11.6 Å². The van der Waals surface area contributed by atoms with Crippen LogP contribution in [0.4, 0.5) is 5.69 Å². The Morgan fingerprint density at radius 3 is 2.79 bits per heavy atom. The number of rotatable bonds is 4. The Morgan fingerprint density at radius 2 is 2.17 bits per heavy atom. The summed E-state index contributed by atoms with van der Waals surface area (Å²) in [6.07, 6.45) is 1.89. The first-order chi connectivity index (χ1) is 10.9. The molecule has 0 aliphatic carbocycles. The molecule has 2 amide bonds. The van der Waals surface area contributed by atoms with Gasteiger partial charge in [-0.3, -0.25) is 9.59 Å². The second-order valence-electron chi connectivity index (χ2n) is 5.77. The Balaban J connectivity index is 0.00000288. The summed E-state index contributed by atoms with van der Waals surface area (Å²) >= 11 is 6.04. The van der Waals surface area contributed by atoms with Gasteiger partial charge in [-0.15, -0.1) is 12.4 Å². The van der Waals surface area contributed by atoms with Crippen molar-refractivity contribution >= 4 is 41.5 Å². The van der Waals surface area contributed by atoms with E-state index in [1.54, 1.807) is 17.0 Å². The number of anilines is 1. The van der Waals surface area contributed by atoms with E-state index in [1.165, 1.54) is 14.0 Å². The number of ether oxygens (including phenoxy) is 1. The average Bonchev–Trinajstić information content (AvgIpc) is 2.54. The number of nitrogens with two attached hydrogens (primary N) is 1. The largest absolute Gasteiger partial charge is 0.496 e. The summed E-state index contributed by atoms with van der Waals surface area (Å²) in [4.78, 5) is 25.6. The van der Waals surface area contributed by atoms with Gasteiger partial charge < -0.3 is 20.7 Å². The van der Waals surface area contributed by atoms with Crippen LogP contribution >= 0.6 is 24.0 Å². The Labute approximate surface area is 153 Å². The van der Waals surface area contributed by atoms with Crippen LogP contribution in [0.5, 0.6) is 5.75 Å². The summed E-state index contributed by atoms with van der Waals surface area (Å²) in [7, 11) is 1.50. The maximum absolute atomic E-state index is 12.8. The molecule has 1 saturated heterocycles. The normalized spacial score (nSPS) is 17.0. The standard InChI is InChI=1S/C16H22ClN3O3.ClH/c1-10(21)19-8-11-4-3-5-20(9-11)16(22)12-6-13(17)14(18)7-15(12)23-2;/h6-7,11H,3-5,8-9,18H2,1-2H3,(H,19,21);1H. The third-order valence-corrected chi connectivity index (χ3v) is 4.32. The molecular weight excluding hydrogens is 353 g/mol. The minimum atomic E-state index is -0.128. The molecule has 0 bridgehead atoms. The lowest BCUT2D eigenvalue weighted by Gasteiger charge is -2.33. The number of nitrogens with zero attached hydrogens (tertiary/aromatic N) is 1. The number of hydrogen-bond acceptors (Lipinski definition) is 4. The van der Waals surface area contributed by atoms with Crippen LogP contribution in [-0.4, -0.2) is 43.5 Å². The van der Waals surface area contributed by atoms with Crippen LogP contribution in [0.3, 0.4) is 0 Å². The highest BCUT2D eigenvalue weighted by atomic mass is 35.5. The van der Waals surface area contributed by atoms with Crippen molar-refractivity contribution in [3.8, 4) is 5.75 Å². The zero-order valence-corrected chi connectivity index (χ0v) is 15.4. The molecule has 1 aliphatic rings. The van der Waals surface area contributed by atoms with Crippen molar-refractivity contribution in [2.75, 3.05) is 32.5 Å². The number of hydrogen-bond donors (Lipinski definition) is 2. The first-order valence-corrected chi connectivity index (χ1v) is 7.97. The molecule has 0 radical (unpaired) electrons. The van der Waals surface area contributed by atoms with Crippen molar-refractivity contribution in [1.29, 1.82) is 0 Å². The van der Waals surface area contributed by atoms with Crippen LogP contribution < -0.4 is 15.8 Å². The fourth-order valence-corrected chi connectivity index (χ4v) is 2.94. The van der Waals surface area contributed by atoms with Gasteiger partial charge in [0.15, 0.2) is 0 Å². The molecule has 1 atom stereocenters. The van der Waals surface area contributed by atoms with Gasteiger partial charge in [0.1, 0.15) is 5.75 Å². The molecule has 24 heavy (non-hydrogen) atoms. The number of methoxy groups -OCH3 is 1. The van der Waals surface area contributed by atoms with Crippen molar-refractivity contribution in [3.05, 3.63) is 22.7 Å². The van der Waals surface area contributed by atoms with Gasteiger partial charge in [0.05, 0.1) is 23.4 Å². The summed E-state index contributed by atoms with van der Waals surface area (Å²) in [5.41, 5.74) is 6.54. The Morgan fingerprint density at radius 1 is 1.46 bits per heavy atom. The molecule has 6 nitrogen and oxygen atoms in total. The van der Waals surface area contributed by atoms with Crippen LogP contribution in [0.15, 0.2) is 12.1 Å². The second-order valence-corrected chi connectivity index (χ2v) is 6.18. The van der Waals surface area contributed by atoms with Crippen molar-refractivity contribution in [1.82, 2.24) is 10.2 Å². The number of amides is 2. The van der Waals surface area contributed by atoms with E-state index in [2.05, 4.69) is 5.32 Å². The smallest absolute Gasteiger partial charge is 0.257 e. The molecule has 0 aromatic heterocycles. The van der Waals surface area contributed by atoms with Gasteiger partial charge in [0.2, 0.25) is 5.91 Å². The number of benzene rings is 1. The highest BCUT2D eigenvalue weighted by Gasteiger charge is 2.27. The third-order valence-electron chi connectivity index (χ3n) is 4.00. The SMILES string of the molecule is COc1cc(N)c(Cl)cc1C(=O)N1CCCC(CNC(C)=O)C1.Cl. The second kappa shape index (κ2) is 8.99. The van der Waals surface area contributed by atoms with E-state index in [0.717, 1.165) is 12.8 Å². The number of nitrogen functional groups attached to an aromatic ring is 1. The zero-order valence-electron chi connectivity index (χ0n) is 13.8. The van der Waals surface area contributed by atoms with Gasteiger partial charge in [0, 0.05) is 32.6 Å². The van der Waals surface area contributed by atoms with Crippen molar-refractivity contribution in [2.45, 2.75) is 19.8 Å². The quantitative estimate of drug-likeness (QED) is 0.790. The predicted molar refractivity (Wildman–Crippen MR) is 97.0 cm³/mol. The van der Waals surface area contributed by atoms with E-state index in [1.807, 2.05) is 0 Å². The molecule has 1 heterocycles. The highest BCUT2D eigenvalue weighted by Crippen LogP contribution is 2.30. The average molecular weight is 376 g/mol. The molecule has 1 aromatic carbocycles. The molecule has 8 heteroatoms. The van der Waals surface area contributed by atoms with Gasteiger partial charge in [-0.05, 0) is 24.8 Å². The summed E-state index contributed by atoms with van der Waals surface area (Å²) < 4.78 is 5.26. The summed E-state index contributed by atoms with van der Waals surface area (Å²) in [5, 5.41) is 3.15. The summed E-state index contributed by atoms with van der Waals surface area (Å²) in [6, 6.07) is 3.11. The molecule has 3 N–H and O–H groups in total. The van der Waals surface area contributed by atoms with E-state index in [4.69, 9.17) is 22.1 Å². The van der Waals surface area contributed by atoms with Crippen LogP contribution in [0.2, 0.25) is 5.02 Å². The summed E-state index contributed by atoms with van der Waals surface area (Å²) in [5.74, 6) is 0.490. The molecule has 1 unspecified atom stereocenters. The lowest BCUT2D eigenvalue weighted by molar-refractivity contribution is -0.119. The lowest BCUT2D eigenvalue weighted by atomic mass is 9.97. The molecule has 134 valence electrons. The van der Waals surface area contributed by atoms with Gasteiger partial charge in [-0.2, -0.15) is 0 Å². The van der Waals surface area contributed by atoms with Gasteiger partial charge in [-0.25, -0.2) is 0 Å². The maximum Gasteiger partial charge on any atom is 0.257 e. The minimum absolute atomic E-state index is 0. The Kier molecular flexibility index (Phi) is 7.63. The number of carbonyl (C=O) groups excluding carboxylic acids is 2. The number of likely N-dealkylation sites (tertiary alicyclic amines) is 1. The van der Waals surface area contributed by atoms with E-state index in [9.17, 15) is 9.59 Å². The van der Waals surface area contributed by atoms with Gasteiger partial charge >= 0.3 is 0 Å². The van der Waals surface area contributed by atoms with Crippen LogP contribution in [0, 0.1) is 5.92 Å². The van der Waals surface area contributed by atoms with E-state index >= 15 is 0 Å². The fraction of sp³-hybridized carbons (Fsp3) is 0.500. The Hall–Kier alpha value is -1.66. The molecule has 1 fully saturated rings. The number of halogens is 2. The molecule has 2 rings (SSSR count). The number of piperidine rings is 1. The van der Waals surface area contributed by atoms with Crippen molar-refractivity contribution in [2.24, 2.45) is 5.92 Å². The minimum Gasteiger partial charge on any atom is -0.496 e. The van der Waals surface area contributed by atoms with E-state index < -0.39 is 0 Å². The molecule has 1 aliphatic heterocycles. The fourth-order valence-electron chi connectivity index (χ4n) is 2.78. The van der Waals surface area contributed by atoms with Crippen LogP contribution in [0.25, 0.3) is 0 Å². The first kappa shape index (κ1) is 20.4. The highest BCUT2D eigenvalue weighted by molar-refractivity contribution is 6.33. The van der Waals surface area contributed by atoms with Crippen molar-refractivity contribution < 1.29 is 14.3 Å². The van der Waals surface area contributed by atoms with Crippen molar-refractivity contribution in [3.63, 3.8) is 0 Å². The van der Waals surface area contributed by atoms with Gasteiger partial charge in [0.25, 0.3) is 5.91 Å². The number of carbonyl (C=O) groups is 2. The van der Waals surface area contributed by atoms with E-state index in [0.29, 0.717) is 41.7 Å². The zero-order chi connectivity index (χ0) is 17.0.